The Labute approximate surface area is 226 Å². The Morgan fingerprint density at radius 1 is 1.24 bits per heavy atom. The van der Waals surface area contributed by atoms with Gasteiger partial charge in [-0.3, -0.25) is 0 Å². The van der Waals surface area contributed by atoms with Crippen LogP contribution in [0.1, 0.15) is 69.8 Å². The fourth-order valence-corrected chi connectivity index (χ4v) is 6.55. The summed E-state index contributed by atoms with van der Waals surface area (Å²) in [6, 6.07) is 7.78. The van der Waals surface area contributed by atoms with Crippen LogP contribution in [0, 0.1) is 11.8 Å². The van der Waals surface area contributed by atoms with E-state index in [0.717, 1.165) is 61.5 Å². The highest BCUT2D eigenvalue weighted by molar-refractivity contribution is 5.81. The number of methoxy groups -OCH3 is 1. The lowest BCUT2D eigenvalue weighted by atomic mass is 9.73. The zero-order chi connectivity index (χ0) is 27.0. The lowest BCUT2D eigenvalue weighted by Crippen LogP contribution is -2.54. The summed E-state index contributed by atoms with van der Waals surface area (Å²) < 4.78 is 24.7. The lowest BCUT2D eigenvalue weighted by Gasteiger charge is -2.43. The van der Waals surface area contributed by atoms with Crippen LogP contribution in [0.4, 0.5) is 9.18 Å². The number of alkyl halides is 1. The number of unbranched alkanes of at least 4 members (excludes halogenated alkanes) is 1. The van der Waals surface area contributed by atoms with Crippen molar-refractivity contribution in [1.29, 1.82) is 0 Å². The van der Waals surface area contributed by atoms with Crippen molar-refractivity contribution in [3.8, 4) is 0 Å². The Hall–Kier alpha value is -2.16. The second kappa shape index (κ2) is 13.8. The van der Waals surface area contributed by atoms with Crippen LogP contribution in [0.3, 0.4) is 0 Å². The molecule has 2 amide bonds. The maximum absolute atomic E-state index is 13.6. The number of rotatable bonds is 12. The molecular weight excluding hydrogens is 485 g/mol. The SMILES string of the molecule is CNC[C@H](C[C@H]1CC[C@@H](F)CC1)NC(=O)N1CCC[C@@H]([C@@](O)(CCCCOC)c2cccc3ccoc23)C1. The molecule has 38 heavy (non-hydrogen) atoms. The molecule has 1 aromatic heterocycles. The fraction of sp³-hybridized carbons (Fsp3) is 0.700. The van der Waals surface area contributed by atoms with Gasteiger partial charge in [0.25, 0.3) is 0 Å². The Morgan fingerprint density at radius 3 is 2.82 bits per heavy atom. The van der Waals surface area contributed by atoms with Crippen LogP contribution in [0.5, 0.6) is 0 Å². The molecule has 1 aromatic carbocycles. The van der Waals surface area contributed by atoms with Gasteiger partial charge in [0.2, 0.25) is 0 Å². The van der Waals surface area contributed by atoms with Crippen molar-refractivity contribution >= 4 is 17.0 Å². The molecule has 2 aliphatic rings. The number of aliphatic hydroxyl groups is 1. The van der Waals surface area contributed by atoms with Gasteiger partial charge in [0, 0.05) is 56.3 Å². The number of amides is 2. The smallest absolute Gasteiger partial charge is 0.317 e. The Balaban J connectivity index is 1.47. The van der Waals surface area contributed by atoms with Crippen molar-refractivity contribution in [1.82, 2.24) is 15.5 Å². The number of likely N-dealkylation sites (N-methyl/N-ethyl adjacent to an activating group) is 1. The van der Waals surface area contributed by atoms with Crippen LogP contribution in [0.15, 0.2) is 34.9 Å². The third kappa shape index (κ3) is 7.07. The molecule has 3 N–H and O–H groups in total. The van der Waals surface area contributed by atoms with Gasteiger partial charge in [-0.25, -0.2) is 9.18 Å². The van der Waals surface area contributed by atoms with E-state index in [4.69, 9.17) is 9.15 Å². The summed E-state index contributed by atoms with van der Waals surface area (Å²) in [7, 11) is 3.59. The van der Waals surface area contributed by atoms with Gasteiger partial charge in [-0.2, -0.15) is 0 Å². The third-order valence-electron chi connectivity index (χ3n) is 8.66. The average Bonchev–Trinajstić information content (AvgIpc) is 3.42. The van der Waals surface area contributed by atoms with Crippen LogP contribution >= 0.6 is 0 Å². The van der Waals surface area contributed by atoms with E-state index in [1.807, 2.05) is 36.2 Å². The molecule has 0 spiro atoms. The van der Waals surface area contributed by atoms with Crippen molar-refractivity contribution in [3.63, 3.8) is 0 Å². The average molecular weight is 532 g/mol. The van der Waals surface area contributed by atoms with Gasteiger partial charge in [0.1, 0.15) is 11.8 Å². The molecule has 8 heteroatoms. The third-order valence-corrected chi connectivity index (χ3v) is 8.66. The van der Waals surface area contributed by atoms with E-state index < -0.39 is 11.8 Å². The number of nitrogens with zero attached hydrogens (tertiary/aromatic N) is 1. The summed E-state index contributed by atoms with van der Waals surface area (Å²) >= 11 is 0. The first-order valence-corrected chi connectivity index (χ1v) is 14.5. The van der Waals surface area contributed by atoms with E-state index in [-0.39, 0.29) is 18.0 Å². The number of nitrogens with one attached hydrogen (secondary N) is 2. The van der Waals surface area contributed by atoms with E-state index >= 15 is 0 Å². The van der Waals surface area contributed by atoms with Crippen molar-refractivity contribution in [2.24, 2.45) is 11.8 Å². The van der Waals surface area contributed by atoms with Crippen LogP contribution in [0.25, 0.3) is 11.0 Å². The molecule has 1 saturated heterocycles. The maximum atomic E-state index is 13.6. The largest absolute Gasteiger partial charge is 0.464 e. The van der Waals surface area contributed by atoms with Gasteiger partial charge >= 0.3 is 6.03 Å². The Morgan fingerprint density at radius 2 is 2.05 bits per heavy atom. The number of hydrogen-bond donors (Lipinski definition) is 3. The molecule has 1 aliphatic heterocycles. The summed E-state index contributed by atoms with van der Waals surface area (Å²) in [4.78, 5) is 15.3. The first-order chi connectivity index (χ1) is 18.4. The first-order valence-electron chi connectivity index (χ1n) is 14.5. The maximum Gasteiger partial charge on any atom is 0.317 e. The monoisotopic (exact) mass is 531 g/mol. The van der Waals surface area contributed by atoms with Crippen molar-refractivity contribution in [2.45, 2.75) is 82.0 Å². The molecule has 0 bridgehead atoms. The number of benzene rings is 1. The van der Waals surface area contributed by atoms with Gasteiger partial charge in [-0.1, -0.05) is 18.2 Å². The number of piperidine rings is 1. The molecule has 2 heterocycles. The van der Waals surface area contributed by atoms with Crippen LogP contribution in [-0.4, -0.2) is 68.6 Å². The van der Waals surface area contributed by atoms with Gasteiger partial charge in [0.15, 0.2) is 0 Å². The minimum atomic E-state index is -1.11. The van der Waals surface area contributed by atoms with Gasteiger partial charge in [-0.15, -0.1) is 0 Å². The Kier molecular flexibility index (Phi) is 10.4. The molecule has 2 fully saturated rings. The number of carbonyl (C=O) groups is 1. The second-order valence-corrected chi connectivity index (χ2v) is 11.4. The van der Waals surface area contributed by atoms with E-state index in [0.29, 0.717) is 51.4 Å². The molecule has 1 aliphatic carbocycles. The number of furan rings is 1. The Bertz CT molecular complexity index is 1010. The van der Waals surface area contributed by atoms with Gasteiger partial charge in [0.05, 0.1) is 11.9 Å². The number of carbonyl (C=O) groups excluding carboxylic acids is 1. The van der Waals surface area contributed by atoms with E-state index in [1.165, 1.54) is 0 Å². The van der Waals surface area contributed by atoms with Crippen molar-refractivity contribution < 1.29 is 23.4 Å². The normalized spacial score (nSPS) is 24.7. The van der Waals surface area contributed by atoms with Crippen LogP contribution in [-0.2, 0) is 10.3 Å². The fourth-order valence-electron chi connectivity index (χ4n) is 6.55. The van der Waals surface area contributed by atoms with Crippen molar-refractivity contribution in [2.75, 3.05) is 40.4 Å². The standard InChI is InChI=1S/C30H46FN3O4/c1-32-20-26(19-22-10-12-25(31)13-11-22)33-29(35)34-16-6-8-24(21-34)30(36,15-3-4-17-37-2)27-9-5-7-23-14-18-38-28(23)27/h5,7,9,14,18,22,24-26,32,36H,3-4,6,8,10-13,15-17,19-21H2,1-2H3,(H,33,35)/t22-,24-,25+,26+,30+/m1/s1. The van der Waals surface area contributed by atoms with Crippen LogP contribution < -0.4 is 10.6 Å². The predicted molar refractivity (Wildman–Crippen MR) is 148 cm³/mol. The summed E-state index contributed by atoms with van der Waals surface area (Å²) in [5, 5.41) is 19.8. The van der Waals surface area contributed by atoms with E-state index in [2.05, 4.69) is 10.6 Å². The summed E-state index contributed by atoms with van der Waals surface area (Å²) in [6.07, 6.45) is 8.82. The van der Waals surface area contributed by atoms with Crippen LogP contribution in [0.2, 0.25) is 0 Å². The summed E-state index contributed by atoms with van der Waals surface area (Å²) in [5.74, 6) is 0.337. The quantitative estimate of drug-likeness (QED) is 0.321. The highest BCUT2D eigenvalue weighted by Gasteiger charge is 2.43. The highest BCUT2D eigenvalue weighted by Crippen LogP contribution is 2.42. The molecule has 1 saturated carbocycles. The molecule has 0 radical (unpaired) electrons. The minimum absolute atomic E-state index is 0.00108. The topological polar surface area (TPSA) is 87.0 Å². The lowest BCUT2D eigenvalue weighted by molar-refractivity contribution is -0.0558. The van der Waals surface area contributed by atoms with Crippen molar-refractivity contribution in [3.05, 3.63) is 36.1 Å². The number of para-hydroxylation sites is 1. The number of likely N-dealkylation sites (tertiary alicyclic amines) is 1. The number of halogens is 1. The molecular formula is C30H46FN3O4. The van der Waals surface area contributed by atoms with Gasteiger partial charge in [-0.05, 0) is 83.2 Å². The number of hydrogen-bond acceptors (Lipinski definition) is 5. The molecule has 3 atom stereocenters. The molecule has 212 valence electrons. The predicted octanol–water partition coefficient (Wildman–Crippen LogP) is 5.37. The molecule has 2 aromatic rings. The zero-order valence-electron chi connectivity index (χ0n) is 23.1. The number of fused-ring (bicyclic) bond motifs is 1. The summed E-state index contributed by atoms with van der Waals surface area (Å²) in [6.45, 7) is 2.50. The zero-order valence-corrected chi connectivity index (χ0v) is 23.1. The summed E-state index contributed by atoms with van der Waals surface area (Å²) in [5.41, 5.74) is 0.418. The second-order valence-electron chi connectivity index (χ2n) is 11.4. The van der Waals surface area contributed by atoms with E-state index in [1.54, 1.807) is 13.4 Å². The minimum Gasteiger partial charge on any atom is -0.464 e. The highest BCUT2D eigenvalue weighted by atomic mass is 19.1. The molecule has 4 rings (SSSR count). The number of urea groups is 1. The first kappa shape index (κ1) is 28.8. The molecule has 7 nitrogen and oxygen atoms in total. The number of ether oxygens (including phenoxy) is 1. The van der Waals surface area contributed by atoms with Gasteiger partial charge < -0.3 is 29.8 Å². The van der Waals surface area contributed by atoms with E-state index in [9.17, 15) is 14.3 Å². The molecule has 0 unspecified atom stereocenters.